The summed E-state index contributed by atoms with van der Waals surface area (Å²) in [6, 6.07) is 8.65. The second-order valence-electron chi connectivity index (χ2n) is 4.50. The number of hydrogen-bond donors (Lipinski definition) is 0. The highest BCUT2D eigenvalue weighted by Crippen LogP contribution is 2.18. The van der Waals surface area contributed by atoms with Crippen LogP contribution in [0.1, 0.15) is 18.3 Å². The van der Waals surface area contributed by atoms with Crippen molar-refractivity contribution in [3.05, 3.63) is 48.2 Å². The smallest absolute Gasteiger partial charge is 0.146 e. The van der Waals surface area contributed by atoms with Crippen molar-refractivity contribution in [2.75, 3.05) is 0 Å². The third-order valence-corrected chi connectivity index (χ3v) is 3.24. The fourth-order valence-electron chi connectivity index (χ4n) is 2.26. The summed E-state index contributed by atoms with van der Waals surface area (Å²) in [5, 5.41) is 5.47. The van der Waals surface area contributed by atoms with Crippen molar-refractivity contribution in [3.8, 4) is 0 Å². The summed E-state index contributed by atoms with van der Waals surface area (Å²) >= 11 is 0. The van der Waals surface area contributed by atoms with Gasteiger partial charge in [-0.1, -0.05) is 12.1 Å². The Morgan fingerprint density at radius 1 is 1.22 bits per heavy atom. The number of nitrogens with zero attached hydrogens (tertiary/aromatic N) is 4. The minimum atomic E-state index is 0.765. The molecule has 0 bridgehead atoms. The topological polar surface area (TPSA) is 35.6 Å². The summed E-state index contributed by atoms with van der Waals surface area (Å²) in [7, 11) is 0. The summed E-state index contributed by atoms with van der Waals surface area (Å²) in [4.78, 5) is 4.32. The van der Waals surface area contributed by atoms with Gasteiger partial charge in [0.1, 0.15) is 12.2 Å². The Labute approximate surface area is 106 Å². The molecule has 2 aromatic heterocycles. The maximum atomic E-state index is 4.32. The van der Waals surface area contributed by atoms with E-state index in [4.69, 9.17) is 0 Å². The van der Waals surface area contributed by atoms with Gasteiger partial charge in [0.2, 0.25) is 0 Å². The summed E-state index contributed by atoms with van der Waals surface area (Å²) < 4.78 is 4.15. The number of fused-ring (bicyclic) bond motifs is 1. The zero-order valence-corrected chi connectivity index (χ0v) is 10.7. The molecule has 0 atom stereocenters. The molecule has 0 unspecified atom stereocenters. The van der Waals surface area contributed by atoms with Crippen LogP contribution in [0.3, 0.4) is 0 Å². The Morgan fingerprint density at radius 3 is 2.94 bits per heavy atom. The van der Waals surface area contributed by atoms with Crippen molar-refractivity contribution < 1.29 is 0 Å². The molecular weight excluding hydrogens is 224 g/mol. The number of hydrogen-bond acceptors (Lipinski definition) is 2. The molecule has 0 spiro atoms. The normalized spacial score (nSPS) is 11.2. The van der Waals surface area contributed by atoms with E-state index in [0.717, 1.165) is 18.9 Å². The van der Waals surface area contributed by atoms with E-state index in [1.165, 1.54) is 16.5 Å². The molecule has 0 radical (unpaired) electrons. The number of benzene rings is 1. The Kier molecular flexibility index (Phi) is 2.63. The second kappa shape index (κ2) is 4.29. The molecule has 3 aromatic rings. The van der Waals surface area contributed by atoms with Crippen molar-refractivity contribution in [1.82, 2.24) is 19.3 Å². The molecule has 0 aliphatic rings. The molecule has 0 fully saturated rings. The van der Waals surface area contributed by atoms with E-state index in [0.29, 0.717) is 0 Å². The van der Waals surface area contributed by atoms with Crippen molar-refractivity contribution in [2.45, 2.75) is 26.9 Å². The van der Waals surface area contributed by atoms with Gasteiger partial charge in [0.25, 0.3) is 0 Å². The number of aryl methyl sites for hydroxylation is 2. The minimum Gasteiger partial charge on any atom is -0.340 e. The first-order valence-corrected chi connectivity index (χ1v) is 6.20. The van der Waals surface area contributed by atoms with Crippen molar-refractivity contribution >= 4 is 10.9 Å². The zero-order chi connectivity index (χ0) is 12.5. The molecule has 0 aliphatic carbocycles. The van der Waals surface area contributed by atoms with Crippen molar-refractivity contribution in [3.63, 3.8) is 0 Å². The van der Waals surface area contributed by atoms with E-state index in [1.54, 1.807) is 6.33 Å². The standard InChI is InChI=1S/C14H16N4/c1-3-18-14(15-10-16-18)9-17-7-6-12-5-4-11(2)8-13(12)17/h4-8,10H,3,9H2,1-2H3. The Hall–Kier alpha value is -2.10. The lowest BCUT2D eigenvalue weighted by Crippen LogP contribution is -2.08. The maximum Gasteiger partial charge on any atom is 0.146 e. The van der Waals surface area contributed by atoms with Gasteiger partial charge in [-0.25, -0.2) is 9.67 Å². The highest BCUT2D eigenvalue weighted by atomic mass is 15.3. The van der Waals surface area contributed by atoms with Gasteiger partial charge in [-0.15, -0.1) is 0 Å². The molecule has 0 N–H and O–H groups in total. The van der Waals surface area contributed by atoms with Gasteiger partial charge in [-0.2, -0.15) is 5.10 Å². The average molecular weight is 240 g/mol. The van der Waals surface area contributed by atoms with Crippen LogP contribution in [0.25, 0.3) is 10.9 Å². The summed E-state index contributed by atoms with van der Waals surface area (Å²) in [6.07, 6.45) is 3.73. The Morgan fingerprint density at radius 2 is 2.11 bits per heavy atom. The van der Waals surface area contributed by atoms with Crippen LogP contribution in [0.4, 0.5) is 0 Å². The molecule has 0 saturated carbocycles. The maximum absolute atomic E-state index is 4.32. The fraction of sp³-hybridized carbons (Fsp3) is 0.286. The van der Waals surface area contributed by atoms with Crippen LogP contribution in [0.2, 0.25) is 0 Å². The SMILES string of the molecule is CCn1ncnc1Cn1ccc2ccc(C)cc21. The predicted octanol–water partition coefficient (Wildman–Crippen LogP) is 2.61. The molecular formula is C14H16N4. The molecule has 4 heteroatoms. The zero-order valence-electron chi connectivity index (χ0n) is 10.7. The van der Waals surface area contributed by atoms with Crippen LogP contribution in [0, 0.1) is 6.92 Å². The van der Waals surface area contributed by atoms with Gasteiger partial charge in [0, 0.05) is 18.3 Å². The summed E-state index contributed by atoms with van der Waals surface area (Å²) in [5.74, 6) is 0.997. The molecule has 1 aromatic carbocycles. The molecule has 0 aliphatic heterocycles. The van der Waals surface area contributed by atoms with E-state index in [-0.39, 0.29) is 0 Å². The van der Waals surface area contributed by atoms with Gasteiger partial charge in [0.15, 0.2) is 0 Å². The summed E-state index contributed by atoms with van der Waals surface area (Å²) in [6.45, 7) is 5.82. The highest BCUT2D eigenvalue weighted by molar-refractivity contribution is 5.80. The first-order valence-electron chi connectivity index (χ1n) is 6.20. The molecule has 18 heavy (non-hydrogen) atoms. The Bertz CT molecular complexity index is 678. The highest BCUT2D eigenvalue weighted by Gasteiger charge is 2.06. The second-order valence-corrected chi connectivity index (χ2v) is 4.50. The number of aromatic nitrogens is 4. The molecule has 4 nitrogen and oxygen atoms in total. The lowest BCUT2D eigenvalue weighted by Gasteiger charge is -2.06. The predicted molar refractivity (Wildman–Crippen MR) is 71.5 cm³/mol. The van der Waals surface area contributed by atoms with E-state index >= 15 is 0 Å². The molecule has 0 saturated heterocycles. The monoisotopic (exact) mass is 240 g/mol. The average Bonchev–Trinajstić information content (AvgIpc) is 2.97. The van der Waals surface area contributed by atoms with Gasteiger partial charge < -0.3 is 4.57 Å². The van der Waals surface area contributed by atoms with Crippen LogP contribution in [0.15, 0.2) is 36.8 Å². The minimum absolute atomic E-state index is 0.765. The molecule has 92 valence electrons. The molecule has 3 rings (SSSR count). The molecule has 0 amide bonds. The first kappa shape index (κ1) is 11.0. The molecule has 2 heterocycles. The van der Waals surface area contributed by atoms with Crippen LogP contribution >= 0.6 is 0 Å². The Balaban J connectivity index is 2.02. The van der Waals surface area contributed by atoms with E-state index in [1.807, 2.05) is 4.68 Å². The van der Waals surface area contributed by atoms with E-state index in [2.05, 4.69) is 59.0 Å². The van der Waals surface area contributed by atoms with Gasteiger partial charge in [0.05, 0.1) is 6.54 Å². The van der Waals surface area contributed by atoms with Crippen molar-refractivity contribution in [1.29, 1.82) is 0 Å². The third kappa shape index (κ3) is 1.79. The lowest BCUT2D eigenvalue weighted by atomic mass is 10.2. The van der Waals surface area contributed by atoms with E-state index in [9.17, 15) is 0 Å². The van der Waals surface area contributed by atoms with Crippen LogP contribution < -0.4 is 0 Å². The van der Waals surface area contributed by atoms with Crippen LogP contribution in [-0.2, 0) is 13.1 Å². The van der Waals surface area contributed by atoms with Crippen LogP contribution in [0.5, 0.6) is 0 Å². The van der Waals surface area contributed by atoms with Crippen molar-refractivity contribution in [2.24, 2.45) is 0 Å². The van der Waals surface area contributed by atoms with Gasteiger partial charge in [-0.3, -0.25) is 0 Å². The quantitative estimate of drug-likeness (QED) is 0.705. The van der Waals surface area contributed by atoms with Gasteiger partial charge >= 0.3 is 0 Å². The lowest BCUT2D eigenvalue weighted by molar-refractivity contribution is 0.597. The largest absolute Gasteiger partial charge is 0.340 e. The van der Waals surface area contributed by atoms with E-state index < -0.39 is 0 Å². The number of rotatable bonds is 3. The van der Waals surface area contributed by atoms with Gasteiger partial charge in [-0.05, 0) is 36.9 Å². The third-order valence-electron chi connectivity index (χ3n) is 3.24. The fourth-order valence-corrected chi connectivity index (χ4v) is 2.26. The summed E-state index contributed by atoms with van der Waals surface area (Å²) in [5.41, 5.74) is 2.53. The van der Waals surface area contributed by atoms with Crippen LogP contribution in [-0.4, -0.2) is 19.3 Å². The first-order chi connectivity index (χ1) is 8.78.